The minimum absolute atomic E-state index is 0.00496. The summed E-state index contributed by atoms with van der Waals surface area (Å²) in [6.45, 7) is 3.12. The van der Waals surface area contributed by atoms with Crippen molar-refractivity contribution in [3.63, 3.8) is 0 Å². The Labute approximate surface area is 212 Å². The number of aryl methyl sites for hydroxylation is 1. The molecule has 5 heteroatoms. The fourth-order valence-electron chi connectivity index (χ4n) is 6.79. The summed E-state index contributed by atoms with van der Waals surface area (Å²) in [6.07, 6.45) is 10.2. The van der Waals surface area contributed by atoms with Gasteiger partial charge in [0.15, 0.2) is 0 Å². The molecule has 0 saturated carbocycles. The lowest BCUT2D eigenvalue weighted by Gasteiger charge is -2.39. The highest BCUT2D eigenvalue weighted by Crippen LogP contribution is 2.48. The summed E-state index contributed by atoms with van der Waals surface area (Å²) in [5.74, 6) is 0.283. The fraction of sp³-hybridized carbons (Fsp3) is 0.419. The molecular formula is C31H34FN3O. The van der Waals surface area contributed by atoms with E-state index in [0.717, 1.165) is 57.2 Å². The summed E-state index contributed by atoms with van der Waals surface area (Å²) >= 11 is 0. The Kier molecular flexibility index (Phi) is 6.24. The number of hydrogen-bond acceptors (Lipinski definition) is 2. The van der Waals surface area contributed by atoms with Gasteiger partial charge in [0, 0.05) is 30.5 Å². The van der Waals surface area contributed by atoms with Crippen molar-refractivity contribution in [1.82, 2.24) is 14.7 Å². The van der Waals surface area contributed by atoms with Gasteiger partial charge < -0.3 is 4.90 Å². The average Bonchev–Trinajstić information content (AvgIpc) is 3.54. The van der Waals surface area contributed by atoms with E-state index in [9.17, 15) is 9.18 Å². The predicted octanol–water partition coefficient (Wildman–Crippen LogP) is 6.39. The summed E-state index contributed by atoms with van der Waals surface area (Å²) < 4.78 is 15.4. The maximum Gasteiger partial charge on any atom is 0.230 e. The van der Waals surface area contributed by atoms with E-state index in [1.807, 2.05) is 10.9 Å². The van der Waals surface area contributed by atoms with Crippen molar-refractivity contribution in [2.45, 2.75) is 70.3 Å². The van der Waals surface area contributed by atoms with Gasteiger partial charge in [-0.1, -0.05) is 48.4 Å². The minimum Gasteiger partial charge on any atom is -0.339 e. The molecular weight excluding hydrogens is 449 g/mol. The molecule has 3 aliphatic rings. The van der Waals surface area contributed by atoms with E-state index in [0.29, 0.717) is 11.9 Å². The lowest BCUT2D eigenvalue weighted by Crippen LogP contribution is -2.47. The number of carbonyl (C=O) groups is 1. The summed E-state index contributed by atoms with van der Waals surface area (Å²) in [4.78, 5) is 16.3. The zero-order valence-corrected chi connectivity index (χ0v) is 21.0. The van der Waals surface area contributed by atoms with Crippen LogP contribution in [0.1, 0.15) is 68.2 Å². The van der Waals surface area contributed by atoms with Crippen molar-refractivity contribution < 1.29 is 9.18 Å². The number of nitrogens with zero attached hydrogens (tertiary/aromatic N) is 3. The van der Waals surface area contributed by atoms with Crippen molar-refractivity contribution in [1.29, 1.82) is 0 Å². The smallest absolute Gasteiger partial charge is 0.230 e. The zero-order chi connectivity index (χ0) is 24.6. The maximum absolute atomic E-state index is 14.0. The van der Waals surface area contributed by atoms with Crippen LogP contribution in [0.2, 0.25) is 0 Å². The molecule has 2 aromatic carbocycles. The fourth-order valence-corrected chi connectivity index (χ4v) is 6.79. The van der Waals surface area contributed by atoms with Crippen LogP contribution in [0.15, 0.2) is 71.9 Å². The van der Waals surface area contributed by atoms with Gasteiger partial charge in [-0.25, -0.2) is 9.07 Å². The van der Waals surface area contributed by atoms with Gasteiger partial charge >= 0.3 is 0 Å². The Morgan fingerprint density at radius 1 is 1.06 bits per heavy atom. The molecule has 1 aromatic heterocycles. The first-order chi connectivity index (χ1) is 17.6. The normalized spacial score (nSPS) is 23.5. The van der Waals surface area contributed by atoms with E-state index in [4.69, 9.17) is 0 Å². The van der Waals surface area contributed by atoms with Crippen LogP contribution in [0.4, 0.5) is 4.39 Å². The quantitative estimate of drug-likeness (QED) is 0.394. The molecule has 4 nitrogen and oxygen atoms in total. The van der Waals surface area contributed by atoms with Gasteiger partial charge in [0.25, 0.3) is 0 Å². The van der Waals surface area contributed by atoms with Crippen LogP contribution in [-0.4, -0.2) is 33.2 Å². The van der Waals surface area contributed by atoms with Gasteiger partial charge in [0.2, 0.25) is 5.91 Å². The first-order valence-electron chi connectivity index (χ1n) is 13.5. The standard InChI is InChI=1S/C31H34FN3O/c1-21-28-20-33-35(26-15-12-24(32)13-16-26)29(28)19-23-11-17-27(30(21)23)31(36)34-18-6-5-9-25(34)14-10-22-7-3-2-4-8-22/h2-4,7-8,12-13,15-16,20-21,25,27H,5-6,9-11,14,17-19H2,1H3/t21-,25?,27+/m0/s1. The number of aromatic nitrogens is 2. The molecule has 0 bridgehead atoms. The third-order valence-electron chi connectivity index (χ3n) is 8.62. The van der Waals surface area contributed by atoms with E-state index in [1.54, 1.807) is 12.1 Å². The van der Waals surface area contributed by atoms with Crippen molar-refractivity contribution >= 4 is 5.91 Å². The van der Waals surface area contributed by atoms with Crippen molar-refractivity contribution in [2.75, 3.05) is 6.54 Å². The second-order valence-corrected chi connectivity index (χ2v) is 10.7. The summed E-state index contributed by atoms with van der Waals surface area (Å²) in [5.41, 5.74) is 7.38. The van der Waals surface area contributed by atoms with E-state index in [-0.39, 0.29) is 17.7 Å². The summed E-state index contributed by atoms with van der Waals surface area (Å²) in [7, 11) is 0. The minimum atomic E-state index is -0.241. The topological polar surface area (TPSA) is 38.1 Å². The van der Waals surface area contributed by atoms with Gasteiger partial charge in [-0.15, -0.1) is 0 Å². The van der Waals surface area contributed by atoms with Gasteiger partial charge in [-0.05, 0) is 74.8 Å². The number of piperidine rings is 1. The van der Waals surface area contributed by atoms with Gasteiger partial charge in [-0.3, -0.25) is 4.79 Å². The number of allylic oxidation sites excluding steroid dienone is 1. The van der Waals surface area contributed by atoms with Crippen LogP contribution in [0, 0.1) is 11.7 Å². The van der Waals surface area contributed by atoms with Crippen LogP contribution < -0.4 is 0 Å². The molecule has 2 heterocycles. The molecule has 1 aliphatic heterocycles. The number of amides is 1. The molecule has 36 heavy (non-hydrogen) atoms. The summed E-state index contributed by atoms with van der Waals surface area (Å²) in [5, 5.41) is 4.67. The lowest BCUT2D eigenvalue weighted by molar-refractivity contribution is -0.138. The number of likely N-dealkylation sites (tertiary alicyclic amines) is 1. The number of rotatable bonds is 5. The summed E-state index contributed by atoms with van der Waals surface area (Å²) in [6, 6.07) is 17.5. The van der Waals surface area contributed by atoms with Gasteiger partial charge in [-0.2, -0.15) is 5.10 Å². The first-order valence-corrected chi connectivity index (χ1v) is 13.5. The third kappa shape index (κ3) is 4.19. The maximum atomic E-state index is 14.0. The predicted molar refractivity (Wildman–Crippen MR) is 140 cm³/mol. The molecule has 1 fully saturated rings. The molecule has 0 spiro atoms. The Morgan fingerprint density at radius 2 is 1.86 bits per heavy atom. The number of halogens is 1. The van der Waals surface area contributed by atoms with Gasteiger partial charge in [0.05, 0.1) is 23.5 Å². The second-order valence-electron chi connectivity index (χ2n) is 10.7. The number of benzene rings is 2. The van der Waals surface area contributed by atoms with Crippen molar-refractivity contribution in [3.05, 3.63) is 94.6 Å². The Morgan fingerprint density at radius 3 is 2.67 bits per heavy atom. The average molecular weight is 484 g/mol. The van der Waals surface area contributed by atoms with Crippen LogP contribution >= 0.6 is 0 Å². The SMILES string of the molecule is C[C@@H]1C2=C(CC[C@H]2C(=O)N2CCCCC2CCc2ccccc2)Cc2c1cnn2-c1ccc(F)cc1. The molecule has 3 aromatic rings. The van der Waals surface area contributed by atoms with Crippen LogP contribution in [0.5, 0.6) is 0 Å². The van der Waals surface area contributed by atoms with E-state index < -0.39 is 0 Å². The van der Waals surface area contributed by atoms with Crippen molar-refractivity contribution in [3.8, 4) is 5.69 Å². The third-order valence-corrected chi connectivity index (χ3v) is 8.62. The van der Waals surface area contributed by atoms with Crippen LogP contribution in [-0.2, 0) is 17.6 Å². The Hall–Kier alpha value is -3.21. The highest BCUT2D eigenvalue weighted by atomic mass is 19.1. The highest BCUT2D eigenvalue weighted by molar-refractivity contribution is 5.84. The molecule has 2 aliphatic carbocycles. The van der Waals surface area contributed by atoms with Gasteiger partial charge in [0.1, 0.15) is 5.82 Å². The molecule has 3 atom stereocenters. The lowest BCUT2D eigenvalue weighted by atomic mass is 9.79. The molecule has 1 saturated heterocycles. The van der Waals surface area contributed by atoms with E-state index in [2.05, 4.69) is 47.3 Å². The van der Waals surface area contributed by atoms with Crippen molar-refractivity contribution in [2.24, 2.45) is 5.92 Å². The monoisotopic (exact) mass is 483 g/mol. The highest BCUT2D eigenvalue weighted by Gasteiger charge is 2.42. The number of carbonyl (C=O) groups excluding carboxylic acids is 1. The van der Waals surface area contributed by atoms with Crippen LogP contribution in [0.3, 0.4) is 0 Å². The van der Waals surface area contributed by atoms with E-state index in [1.165, 1.54) is 46.5 Å². The molecule has 0 N–H and O–H groups in total. The molecule has 0 radical (unpaired) electrons. The Bertz CT molecular complexity index is 1280. The second kappa shape index (κ2) is 9.68. The molecule has 6 rings (SSSR count). The van der Waals surface area contributed by atoms with E-state index >= 15 is 0 Å². The molecule has 1 unspecified atom stereocenters. The first kappa shape index (κ1) is 23.2. The largest absolute Gasteiger partial charge is 0.339 e. The zero-order valence-electron chi connectivity index (χ0n) is 21.0. The number of hydrogen-bond donors (Lipinski definition) is 0. The molecule has 1 amide bonds. The number of fused-ring (bicyclic) bond motifs is 1. The van der Waals surface area contributed by atoms with Crippen LogP contribution in [0.25, 0.3) is 5.69 Å². The Balaban J connectivity index is 1.22. The molecule has 186 valence electrons.